The third kappa shape index (κ3) is 6.97. The lowest BCUT2D eigenvalue weighted by atomic mass is 9.99. The summed E-state index contributed by atoms with van der Waals surface area (Å²) in [5.41, 5.74) is 3.03. The third-order valence-corrected chi connectivity index (χ3v) is 6.33. The van der Waals surface area contributed by atoms with Gasteiger partial charge in [0, 0.05) is 5.57 Å². The van der Waals surface area contributed by atoms with Gasteiger partial charge < -0.3 is 24.3 Å². The van der Waals surface area contributed by atoms with Crippen LogP contribution in [0.15, 0.2) is 69.5 Å². The Hall–Kier alpha value is -3.55. The number of nitrogens with zero attached hydrogens (tertiary/aromatic N) is 1. The highest BCUT2D eigenvalue weighted by Crippen LogP contribution is 2.27. The summed E-state index contributed by atoms with van der Waals surface area (Å²) in [5, 5.41) is 19.1. The fourth-order valence-corrected chi connectivity index (χ4v) is 4.31. The molecule has 35 heavy (non-hydrogen) atoms. The second kappa shape index (κ2) is 11.7. The summed E-state index contributed by atoms with van der Waals surface area (Å²) in [7, 11) is 0. The van der Waals surface area contributed by atoms with Crippen molar-refractivity contribution in [2.45, 2.75) is 65.3 Å². The highest BCUT2D eigenvalue weighted by molar-refractivity contribution is 5.98. The molecular formula is C27H33NO7. The summed E-state index contributed by atoms with van der Waals surface area (Å²) < 4.78 is 10.2. The summed E-state index contributed by atoms with van der Waals surface area (Å²) in [6.45, 7) is 5.29. The number of amides is 1. The Morgan fingerprint density at radius 1 is 1.31 bits per heavy atom. The zero-order chi connectivity index (χ0) is 25.5. The Bertz CT molecular complexity index is 1080. The van der Waals surface area contributed by atoms with E-state index in [0.29, 0.717) is 24.8 Å². The van der Waals surface area contributed by atoms with Crippen molar-refractivity contribution < 1.29 is 33.8 Å². The number of ether oxygens (including phenoxy) is 1. The molecule has 0 aromatic carbocycles. The van der Waals surface area contributed by atoms with Gasteiger partial charge in [0.15, 0.2) is 11.5 Å². The number of allylic oxidation sites excluding steroid dienone is 3. The first-order valence-electron chi connectivity index (χ1n) is 11.9. The van der Waals surface area contributed by atoms with Gasteiger partial charge in [-0.3, -0.25) is 9.59 Å². The van der Waals surface area contributed by atoms with Gasteiger partial charge in [-0.05, 0) is 76.0 Å². The maximum Gasteiger partial charge on any atom is 0.343 e. The van der Waals surface area contributed by atoms with Crippen molar-refractivity contribution in [3.63, 3.8) is 0 Å². The van der Waals surface area contributed by atoms with Crippen LogP contribution in [0.2, 0.25) is 0 Å². The molecule has 3 rings (SSSR count). The van der Waals surface area contributed by atoms with Crippen LogP contribution in [-0.2, 0) is 25.5 Å². The van der Waals surface area contributed by atoms with Crippen molar-refractivity contribution in [3.8, 4) is 0 Å². The van der Waals surface area contributed by atoms with E-state index in [4.69, 9.17) is 9.15 Å². The van der Waals surface area contributed by atoms with Crippen molar-refractivity contribution in [2.75, 3.05) is 6.54 Å². The molecule has 1 aromatic heterocycles. The second-order valence-electron chi connectivity index (χ2n) is 9.27. The molecule has 0 fully saturated rings. The van der Waals surface area contributed by atoms with Gasteiger partial charge in [-0.15, -0.1) is 0 Å². The zero-order valence-electron chi connectivity index (χ0n) is 20.5. The number of aliphatic hydroxyl groups excluding tert-OH is 1. The van der Waals surface area contributed by atoms with E-state index in [2.05, 4.69) is 13.0 Å². The minimum atomic E-state index is -1.03. The number of furan rings is 1. The average molecular weight is 484 g/mol. The third-order valence-electron chi connectivity index (χ3n) is 6.33. The monoisotopic (exact) mass is 483 g/mol. The molecule has 0 spiro atoms. The van der Waals surface area contributed by atoms with Crippen LogP contribution in [0.1, 0.15) is 58.4 Å². The van der Waals surface area contributed by atoms with Gasteiger partial charge in [0.1, 0.15) is 6.54 Å². The molecule has 188 valence electrons. The molecular weight excluding hydrogens is 450 g/mol. The number of carbonyl (C=O) groups excluding carboxylic acids is 2. The van der Waals surface area contributed by atoms with E-state index >= 15 is 0 Å². The summed E-state index contributed by atoms with van der Waals surface area (Å²) >= 11 is 0. The number of carboxylic acids is 1. The molecule has 0 bridgehead atoms. The maximum atomic E-state index is 12.8. The van der Waals surface area contributed by atoms with E-state index in [0.717, 1.165) is 24.8 Å². The SMILES string of the molecule is CC1=C(O)/C(=C/[C@H](C)CCC/C(C)=C/CCC2=CC(Cc3ccoc3)N(CC(=O)O)C2=O)OC1=O. The Morgan fingerprint density at radius 3 is 2.71 bits per heavy atom. The fraction of sp³-hybridized carbons (Fsp3) is 0.444. The lowest BCUT2D eigenvalue weighted by Crippen LogP contribution is -2.39. The molecule has 0 aliphatic carbocycles. The number of carbonyl (C=O) groups is 3. The molecule has 1 aromatic rings. The first-order valence-corrected chi connectivity index (χ1v) is 11.9. The molecule has 2 N–H and O–H groups in total. The molecule has 0 radical (unpaired) electrons. The molecule has 1 unspecified atom stereocenters. The lowest BCUT2D eigenvalue weighted by molar-refractivity contribution is -0.143. The fourth-order valence-electron chi connectivity index (χ4n) is 4.31. The molecule has 2 aliphatic rings. The number of hydrogen-bond donors (Lipinski definition) is 2. The minimum Gasteiger partial charge on any atom is -0.504 e. The van der Waals surface area contributed by atoms with Crippen LogP contribution in [-0.4, -0.2) is 45.5 Å². The summed E-state index contributed by atoms with van der Waals surface area (Å²) in [6, 6.07) is 1.53. The highest BCUT2D eigenvalue weighted by atomic mass is 16.6. The maximum absolute atomic E-state index is 12.8. The number of rotatable bonds is 12. The summed E-state index contributed by atoms with van der Waals surface area (Å²) in [6.07, 6.45) is 13.5. The molecule has 8 nitrogen and oxygen atoms in total. The number of aliphatic hydroxyl groups is 1. The number of esters is 1. The number of carboxylic acid groups (broad SMARTS) is 1. The van der Waals surface area contributed by atoms with Gasteiger partial charge in [-0.1, -0.05) is 24.6 Å². The summed E-state index contributed by atoms with van der Waals surface area (Å²) in [5.74, 6) is -1.44. The van der Waals surface area contributed by atoms with Crippen LogP contribution in [0.4, 0.5) is 0 Å². The van der Waals surface area contributed by atoms with E-state index in [-0.39, 0.29) is 41.5 Å². The first kappa shape index (κ1) is 26.1. The van der Waals surface area contributed by atoms with Crippen molar-refractivity contribution in [2.24, 2.45) is 5.92 Å². The first-order chi connectivity index (χ1) is 16.7. The number of cyclic esters (lactones) is 1. The summed E-state index contributed by atoms with van der Waals surface area (Å²) in [4.78, 5) is 37.0. The average Bonchev–Trinajstić information content (AvgIpc) is 3.47. The molecule has 8 heteroatoms. The minimum absolute atomic E-state index is 0.0809. The van der Waals surface area contributed by atoms with Gasteiger partial charge in [0.05, 0.1) is 24.1 Å². The highest BCUT2D eigenvalue weighted by Gasteiger charge is 2.33. The molecule has 1 amide bonds. The van der Waals surface area contributed by atoms with E-state index in [1.165, 1.54) is 17.4 Å². The number of aliphatic carboxylic acids is 1. The molecule has 3 heterocycles. The topological polar surface area (TPSA) is 117 Å². The van der Waals surface area contributed by atoms with Crippen LogP contribution < -0.4 is 0 Å². The van der Waals surface area contributed by atoms with Crippen molar-refractivity contribution >= 4 is 17.8 Å². The Morgan fingerprint density at radius 2 is 2.09 bits per heavy atom. The standard InChI is InChI=1S/C27H33NO7/c1-17(6-4-8-18(2)12-23-25(31)19(3)27(33)35-23)7-5-9-21-14-22(13-20-10-11-34-16-20)28(26(21)32)15-24(29)30/h7,10-12,14,16,18,22,31H,4-6,8-9,13,15H2,1-3H3,(H,29,30)/b17-7+,23-12-/t18-,22?/m1/s1. The van der Waals surface area contributed by atoms with E-state index in [1.807, 2.05) is 19.1 Å². The normalized spacial score (nSPS) is 20.6. The zero-order valence-corrected chi connectivity index (χ0v) is 20.5. The Balaban J connectivity index is 1.47. The molecule has 0 saturated carbocycles. The lowest BCUT2D eigenvalue weighted by Gasteiger charge is -2.22. The van der Waals surface area contributed by atoms with Gasteiger partial charge >= 0.3 is 11.9 Å². The van der Waals surface area contributed by atoms with Crippen LogP contribution in [0.5, 0.6) is 0 Å². The smallest absolute Gasteiger partial charge is 0.343 e. The quantitative estimate of drug-likeness (QED) is 0.322. The van der Waals surface area contributed by atoms with Crippen LogP contribution in [0, 0.1) is 5.92 Å². The van der Waals surface area contributed by atoms with E-state index in [1.54, 1.807) is 18.6 Å². The van der Waals surface area contributed by atoms with Crippen molar-refractivity contribution in [1.82, 2.24) is 4.90 Å². The van der Waals surface area contributed by atoms with Gasteiger partial charge in [-0.2, -0.15) is 0 Å². The number of hydrogen-bond acceptors (Lipinski definition) is 6. The predicted molar refractivity (Wildman–Crippen MR) is 129 cm³/mol. The molecule has 2 aliphatic heterocycles. The van der Waals surface area contributed by atoms with E-state index < -0.39 is 11.9 Å². The molecule has 0 saturated heterocycles. The van der Waals surface area contributed by atoms with Gasteiger partial charge in [-0.25, -0.2) is 4.79 Å². The van der Waals surface area contributed by atoms with Gasteiger partial charge in [0.25, 0.3) is 5.91 Å². The Labute approximate surface area is 205 Å². The van der Waals surface area contributed by atoms with E-state index in [9.17, 15) is 24.6 Å². The Kier molecular flexibility index (Phi) is 8.73. The van der Waals surface area contributed by atoms with Crippen molar-refractivity contribution in [1.29, 1.82) is 0 Å². The predicted octanol–water partition coefficient (Wildman–Crippen LogP) is 4.85. The molecule has 2 atom stereocenters. The van der Waals surface area contributed by atoms with Gasteiger partial charge in [0.2, 0.25) is 0 Å². The largest absolute Gasteiger partial charge is 0.504 e. The van der Waals surface area contributed by atoms with Crippen LogP contribution in [0.25, 0.3) is 0 Å². The second-order valence-corrected chi connectivity index (χ2v) is 9.27. The van der Waals surface area contributed by atoms with Crippen LogP contribution in [0.3, 0.4) is 0 Å². The van der Waals surface area contributed by atoms with Crippen molar-refractivity contribution in [3.05, 3.63) is 70.6 Å². The van der Waals surface area contributed by atoms with Crippen LogP contribution >= 0.6 is 0 Å².